The quantitative estimate of drug-likeness (QED) is 0.337. The van der Waals surface area contributed by atoms with Crippen LogP contribution in [0.15, 0.2) is 72.8 Å². The Labute approximate surface area is 207 Å². The predicted octanol–water partition coefficient (Wildman–Crippen LogP) is 4.13. The van der Waals surface area contributed by atoms with Crippen LogP contribution in [0.5, 0.6) is 5.75 Å². The molecule has 1 heterocycles. The number of ether oxygens (including phenoxy) is 1. The molecular weight excluding hydrogens is 460 g/mol. The molecule has 1 atom stereocenters. The first-order valence-corrected chi connectivity index (χ1v) is 11.2. The third-order valence-corrected chi connectivity index (χ3v) is 5.89. The Kier molecular flexibility index (Phi) is 6.96. The number of esters is 1. The summed E-state index contributed by atoms with van der Waals surface area (Å²) in [5.74, 6) is -2.51. The van der Waals surface area contributed by atoms with Gasteiger partial charge < -0.3 is 20.3 Å². The second kappa shape index (κ2) is 10.3. The smallest absolute Gasteiger partial charge is 0.336 e. The number of aromatic hydroxyl groups is 1. The van der Waals surface area contributed by atoms with Crippen LogP contribution in [0.3, 0.4) is 0 Å². The van der Waals surface area contributed by atoms with E-state index in [9.17, 15) is 24.6 Å². The number of aromatic carboxylic acids is 1. The molecule has 0 spiro atoms. The van der Waals surface area contributed by atoms with Crippen LogP contribution in [0.1, 0.15) is 32.0 Å². The van der Waals surface area contributed by atoms with Gasteiger partial charge >= 0.3 is 11.9 Å². The molecular formula is C28H24N2O6. The number of carboxylic acid groups (broad SMARTS) is 1. The molecule has 1 aromatic heterocycles. The fourth-order valence-electron chi connectivity index (χ4n) is 4.02. The minimum atomic E-state index is -1.20. The standard InChI is InChI=1S/C28H24N2O6/c1-16-5-3-4-6-20(16)18-9-12-23-21(14-18)22(27(33)34)15-24(29-23)26(32)30-25(28(35)36-2)13-17-7-10-19(31)11-8-17/h3-12,14-15,25,31H,13H2,1-2H3,(H,30,32)(H,33,34)/t25-/m0/s1. The van der Waals surface area contributed by atoms with Gasteiger partial charge in [0.2, 0.25) is 0 Å². The molecule has 182 valence electrons. The molecule has 0 aliphatic heterocycles. The van der Waals surface area contributed by atoms with Crippen molar-refractivity contribution >= 4 is 28.7 Å². The summed E-state index contributed by atoms with van der Waals surface area (Å²) >= 11 is 0. The van der Waals surface area contributed by atoms with Crippen molar-refractivity contribution in [3.63, 3.8) is 0 Å². The summed E-state index contributed by atoms with van der Waals surface area (Å²) < 4.78 is 4.82. The lowest BCUT2D eigenvalue weighted by molar-refractivity contribution is -0.142. The molecule has 4 aromatic rings. The molecule has 1 amide bonds. The van der Waals surface area contributed by atoms with Crippen LogP contribution in [-0.4, -0.2) is 46.2 Å². The van der Waals surface area contributed by atoms with Gasteiger partial charge in [0.15, 0.2) is 0 Å². The number of methoxy groups -OCH3 is 1. The Balaban J connectivity index is 1.68. The van der Waals surface area contributed by atoms with Crippen molar-refractivity contribution in [3.8, 4) is 16.9 Å². The van der Waals surface area contributed by atoms with Gasteiger partial charge in [0.1, 0.15) is 17.5 Å². The number of benzene rings is 3. The highest BCUT2D eigenvalue weighted by Crippen LogP contribution is 2.28. The number of rotatable bonds is 7. The number of pyridine rings is 1. The van der Waals surface area contributed by atoms with Gasteiger partial charge in [0.25, 0.3) is 5.91 Å². The summed E-state index contributed by atoms with van der Waals surface area (Å²) in [6, 6.07) is 19.4. The second-order valence-corrected chi connectivity index (χ2v) is 8.33. The Morgan fingerprint density at radius 1 is 1.00 bits per heavy atom. The molecule has 0 aliphatic carbocycles. The maximum absolute atomic E-state index is 13.1. The molecule has 4 rings (SSSR count). The lowest BCUT2D eigenvalue weighted by atomic mass is 9.97. The topological polar surface area (TPSA) is 126 Å². The minimum absolute atomic E-state index is 0.0737. The molecule has 0 radical (unpaired) electrons. The van der Waals surface area contributed by atoms with E-state index >= 15 is 0 Å². The van der Waals surface area contributed by atoms with Crippen LogP contribution in [0.4, 0.5) is 0 Å². The Morgan fingerprint density at radius 2 is 1.72 bits per heavy atom. The van der Waals surface area contributed by atoms with Crippen LogP contribution in [0, 0.1) is 6.92 Å². The molecule has 0 fully saturated rings. The molecule has 0 unspecified atom stereocenters. The largest absolute Gasteiger partial charge is 0.508 e. The summed E-state index contributed by atoms with van der Waals surface area (Å²) in [6.07, 6.45) is 0.109. The summed E-state index contributed by atoms with van der Waals surface area (Å²) in [6.45, 7) is 1.97. The maximum Gasteiger partial charge on any atom is 0.336 e. The van der Waals surface area contributed by atoms with E-state index in [2.05, 4.69) is 10.3 Å². The highest BCUT2D eigenvalue weighted by Gasteiger charge is 2.25. The number of hydrogen-bond donors (Lipinski definition) is 3. The number of fused-ring (bicyclic) bond motifs is 1. The van der Waals surface area contributed by atoms with Crippen molar-refractivity contribution in [3.05, 3.63) is 95.2 Å². The number of nitrogens with one attached hydrogen (secondary N) is 1. The van der Waals surface area contributed by atoms with Gasteiger partial charge in [-0.05, 0) is 59.5 Å². The van der Waals surface area contributed by atoms with E-state index in [1.807, 2.05) is 37.3 Å². The summed E-state index contributed by atoms with van der Waals surface area (Å²) in [4.78, 5) is 41.9. The monoisotopic (exact) mass is 484 g/mol. The molecule has 3 aromatic carbocycles. The van der Waals surface area contributed by atoms with E-state index in [0.717, 1.165) is 16.7 Å². The SMILES string of the molecule is COC(=O)[C@H](Cc1ccc(O)cc1)NC(=O)c1cc(C(=O)O)c2cc(-c3ccccc3C)ccc2n1. The number of carbonyl (C=O) groups is 3. The summed E-state index contributed by atoms with van der Waals surface area (Å²) in [7, 11) is 1.21. The van der Waals surface area contributed by atoms with Gasteiger partial charge in [0, 0.05) is 11.8 Å². The average molecular weight is 485 g/mol. The fraction of sp³-hybridized carbons (Fsp3) is 0.143. The normalized spacial score (nSPS) is 11.6. The number of carboxylic acids is 1. The molecule has 0 bridgehead atoms. The Morgan fingerprint density at radius 3 is 2.39 bits per heavy atom. The number of carbonyl (C=O) groups excluding carboxylic acids is 2. The van der Waals surface area contributed by atoms with E-state index < -0.39 is 23.9 Å². The lowest BCUT2D eigenvalue weighted by Crippen LogP contribution is -2.43. The number of phenols is 1. The van der Waals surface area contributed by atoms with Crippen LogP contribution < -0.4 is 5.32 Å². The third kappa shape index (κ3) is 5.17. The average Bonchev–Trinajstić information content (AvgIpc) is 2.88. The molecule has 8 heteroatoms. The van der Waals surface area contributed by atoms with Crippen molar-refractivity contribution in [1.29, 1.82) is 0 Å². The molecule has 0 saturated heterocycles. The highest BCUT2D eigenvalue weighted by molar-refractivity contribution is 6.07. The van der Waals surface area contributed by atoms with Gasteiger partial charge in [-0.15, -0.1) is 0 Å². The molecule has 3 N–H and O–H groups in total. The minimum Gasteiger partial charge on any atom is -0.508 e. The van der Waals surface area contributed by atoms with Gasteiger partial charge in [0.05, 0.1) is 18.2 Å². The molecule has 0 saturated carbocycles. The number of hydrogen-bond acceptors (Lipinski definition) is 6. The number of nitrogens with zero attached hydrogens (tertiary/aromatic N) is 1. The Bertz CT molecular complexity index is 1460. The van der Waals surface area contributed by atoms with Crippen LogP contribution in [-0.2, 0) is 16.0 Å². The summed E-state index contributed by atoms with van der Waals surface area (Å²) in [5, 5.41) is 22.3. The number of amides is 1. The van der Waals surface area contributed by atoms with Crippen molar-refractivity contribution in [2.45, 2.75) is 19.4 Å². The number of aryl methyl sites for hydroxylation is 1. The zero-order valence-corrected chi connectivity index (χ0v) is 19.7. The van der Waals surface area contributed by atoms with E-state index in [1.54, 1.807) is 24.3 Å². The molecule has 0 aliphatic rings. The van der Waals surface area contributed by atoms with E-state index in [1.165, 1.54) is 25.3 Å². The highest BCUT2D eigenvalue weighted by atomic mass is 16.5. The van der Waals surface area contributed by atoms with E-state index in [0.29, 0.717) is 16.5 Å². The van der Waals surface area contributed by atoms with Gasteiger partial charge in [-0.3, -0.25) is 4.79 Å². The summed E-state index contributed by atoms with van der Waals surface area (Å²) in [5.41, 5.74) is 3.65. The van der Waals surface area contributed by atoms with Gasteiger partial charge in [-0.2, -0.15) is 0 Å². The first kappa shape index (κ1) is 24.4. The van der Waals surface area contributed by atoms with E-state index in [4.69, 9.17) is 4.74 Å². The number of phenolic OH excluding ortho intramolecular Hbond substituents is 1. The van der Waals surface area contributed by atoms with Crippen molar-refractivity contribution in [2.24, 2.45) is 0 Å². The zero-order chi connectivity index (χ0) is 25.8. The first-order valence-electron chi connectivity index (χ1n) is 11.2. The van der Waals surface area contributed by atoms with Crippen LogP contribution in [0.2, 0.25) is 0 Å². The lowest BCUT2D eigenvalue weighted by Gasteiger charge is -2.17. The predicted molar refractivity (Wildman–Crippen MR) is 134 cm³/mol. The fourth-order valence-corrected chi connectivity index (χ4v) is 4.02. The number of aromatic nitrogens is 1. The Hall–Kier alpha value is -4.72. The van der Waals surface area contributed by atoms with Crippen LogP contribution in [0.25, 0.3) is 22.0 Å². The zero-order valence-electron chi connectivity index (χ0n) is 19.7. The van der Waals surface area contributed by atoms with Crippen molar-refractivity contribution in [1.82, 2.24) is 10.3 Å². The molecule has 36 heavy (non-hydrogen) atoms. The second-order valence-electron chi connectivity index (χ2n) is 8.33. The maximum atomic E-state index is 13.1. The van der Waals surface area contributed by atoms with Crippen LogP contribution >= 0.6 is 0 Å². The first-order chi connectivity index (χ1) is 17.3. The van der Waals surface area contributed by atoms with Crippen molar-refractivity contribution < 1.29 is 29.3 Å². The van der Waals surface area contributed by atoms with Gasteiger partial charge in [-0.25, -0.2) is 14.6 Å². The van der Waals surface area contributed by atoms with E-state index in [-0.39, 0.29) is 23.4 Å². The van der Waals surface area contributed by atoms with Crippen molar-refractivity contribution in [2.75, 3.05) is 7.11 Å². The molecule has 8 nitrogen and oxygen atoms in total. The van der Waals surface area contributed by atoms with Gasteiger partial charge in [-0.1, -0.05) is 42.5 Å². The third-order valence-electron chi connectivity index (χ3n) is 5.89.